The molecule has 208 valence electrons. The van der Waals surface area contributed by atoms with Gasteiger partial charge in [0, 0.05) is 0 Å². The zero-order valence-corrected chi connectivity index (χ0v) is 23.9. The van der Waals surface area contributed by atoms with Crippen LogP contribution in [0.15, 0.2) is 60.8 Å². The second-order valence-corrected chi connectivity index (χ2v) is 20.4. The molecule has 7 heteroatoms. The molecule has 36 heavy (non-hydrogen) atoms. The van der Waals surface area contributed by atoms with Crippen molar-refractivity contribution in [1.82, 2.24) is 0 Å². The summed E-state index contributed by atoms with van der Waals surface area (Å²) in [4.78, 5) is 0. The fourth-order valence-electron chi connectivity index (χ4n) is 3.57. The first-order chi connectivity index (χ1) is 15.0. The lowest BCUT2D eigenvalue weighted by molar-refractivity contribution is 0.158. The Balaban J connectivity index is -0.00000272. The molecule has 0 aliphatic carbocycles. The lowest BCUT2D eigenvalue weighted by Crippen LogP contribution is -2.59. The largest absolute Gasteiger partial charge is 0.491 e. The smallest absolute Gasteiger partial charge is 0.331 e. The van der Waals surface area contributed by atoms with Gasteiger partial charge >= 0.3 is 8.56 Å². The average Bonchev–Trinajstić information content (AvgIpc) is 2.76. The van der Waals surface area contributed by atoms with Crippen LogP contribution in [0.2, 0.25) is 32.7 Å². The van der Waals surface area contributed by atoms with Gasteiger partial charge in [0.05, 0.1) is 12.8 Å². The molecule has 0 spiro atoms. The Hall–Kier alpha value is -1.49. The van der Waals surface area contributed by atoms with Crippen LogP contribution in [0.25, 0.3) is 0 Å². The van der Waals surface area contributed by atoms with Crippen molar-refractivity contribution in [3.63, 3.8) is 0 Å². The maximum atomic E-state index is 6.75. The van der Waals surface area contributed by atoms with Gasteiger partial charge in [-0.05, 0) is 62.4 Å². The molecule has 1 unspecified atom stereocenters. The molecule has 0 heterocycles. The molecule has 0 aliphatic heterocycles. The van der Waals surface area contributed by atoms with E-state index in [9.17, 15) is 0 Å². The SMILES string of the molecule is C.C.C.C.C=C[Si](C)(C)O[Si](C)(CO[Si](C)(C)OCCOc1c(C)cccc1CC)c1ccccc1. The molecule has 4 nitrogen and oxygen atoms in total. The molecule has 2 rings (SSSR count). The lowest BCUT2D eigenvalue weighted by Gasteiger charge is -2.37. The number of benzene rings is 2. The predicted molar refractivity (Wildman–Crippen MR) is 169 cm³/mol. The zero-order chi connectivity index (χ0) is 23.8. The van der Waals surface area contributed by atoms with Gasteiger partial charge in [-0.15, -0.1) is 6.58 Å². The maximum absolute atomic E-state index is 6.75. The second kappa shape index (κ2) is 17.1. The highest BCUT2D eigenvalue weighted by molar-refractivity contribution is 6.94. The van der Waals surface area contributed by atoms with Crippen molar-refractivity contribution < 1.29 is 17.7 Å². The third kappa shape index (κ3) is 11.7. The number of rotatable bonds is 13. The summed E-state index contributed by atoms with van der Waals surface area (Å²) < 4.78 is 25.5. The van der Waals surface area contributed by atoms with Crippen LogP contribution in [0, 0.1) is 6.92 Å². The highest BCUT2D eigenvalue weighted by atomic mass is 28.4. The maximum Gasteiger partial charge on any atom is 0.331 e. The average molecular weight is 553 g/mol. The summed E-state index contributed by atoms with van der Waals surface area (Å²) >= 11 is 0. The van der Waals surface area contributed by atoms with E-state index in [1.165, 1.54) is 10.8 Å². The highest BCUT2D eigenvalue weighted by Crippen LogP contribution is 2.24. The van der Waals surface area contributed by atoms with E-state index in [1.807, 2.05) is 11.8 Å². The molecule has 0 saturated carbocycles. The molecule has 0 radical (unpaired) electrons. The Morgan fingerprint density at radius 1 is 0.806 bits per heavy atom. The molecular formula is C29H56O4Si3. The first kappa shape index (κ1) is 39.0. The van der Waals surface area contributed by atoms with Crippen LogP contribution in [0.4, 0.5) is 0 Å². The minimum Gasteiger partial charge on any atom is -0.491 e. The van der Waals surface area contributed by atoms with Crippen LogP contribution in [0.5, 0.6) is 5.75 Å². The van der Waals surface area contributed by atoms with Crippen molar-refractivity contribution in [3.8, 4) is 5.75 Å². The standard InChI is InChI=1S/C25H40O4Si3.4CH4/c1-9-23-16-14-15-22(3)25(23)26-19-20-27-31(6,7)28-21-32(8,29-30(4,5)10-2)24-17-12-11-13-18-24;;;;/h10-18H,2,9,19-21H2,1,3-8H3;4*1H4. The summed E-state index contributed by atoms with van der Waals surface area (Å²) in [6, 6.07) is 16.8. The van der Waals surface area contributed by atoms with Gasteiger partial charge in [-0.1, -0.05) is 90.9 Å². The van der Waals surface area contributed by atoms with Gasteiger partial charge in [0.1, 0.15) is 12.4 Å². The minimum atomic E-state index is -2.34. The highest BCUT2D eigenvalue weighted by Gasteiger charge is 2.40. The molecule has 0 fully saturated rings. The van der Waals surface area contributed by atoms with Crippen molar-refractivity contribution in [2.24, 2.45) is 0 Å². The third-order valence-electron chi connectivity index (χ3n) is 5.51. The summed E-state index contributed by atoms with van der Waals surface area (Å²) in [6.07, 6.45) is 1.52. The molecule has 0 amide bonds. The quantitative estimate of drug-likeness (QED) is 0.185. The molecule has 2 aromatic carbocycles. The van der Waals surface area contributed by atoms with E-state index in [1.54, 1.807) is 0 Å². The molecule has 0 N–H and O–H groups in total. The van der Waals surface area contributed by atoms with Gasteiger partial charge in [-0.3, -0.25) is 0 Å². The summed E-state index contributed by atoms with van der Waals surface area (Å²) in [5.41, 5.74) is 4.38. The predicted octanol–water partition coefficient (Wildman–Crippen LogP) is 8.18. The number of aryl methyl sites for hydroxylation is 2. The number of ether oxygens (including phenoxy) is 1. The topological polar surface area (TPSA) is 36.9 Å². The third-order valence-corrected chi connectivity index (χ3v) is 14.7. The van der Waals surface area contributed by atoms with Gasteiger partial charge in [0.25, 0.3) is 0 Å². The van der Waals surface area contributed by atoms with E-state index in [0.717, 1.165) is 17.7 Å². The van der Waals surface area contributed by atoms with Gasteiger partial charge < -0.3 is 17.7 Å². The van der Waals surface area contributed by atoms with Crippen molar-refractivity contribution >= 4 is 30.4 Å². The molecule has 0 saturated heterocycles. The molecule has 1 atom stereocenters. The van der Waals surface area contributed by atoms with Crippen molar-refractivity contribution in [2.75, 3.05) is 19.4 Å². The van der Waals surface area contributed by atoms with Gasteiger partial charge in [0.2, 0.25) is 8.32 Å². The van der Waals surface area contributed by atoms with Gasteiger partial charge in [-0.2, -0.15) is 0 Å². The Kier molecular flexibility index (Phi) is 18.5. The fourth-order valence-corrected chi connectivity index (χ4v) is 13.5. The van der Waals surface area contributed by atoms with E-state index in [2.05, 4.69) is 95.6 Å². The summed E-state index contributed by atoms with van der Waals surface area (Å²) in [7, 11) is -6.64. The van der Waals surface area contributed by atoms with Crippen LogP contribution < -0.4 is 9.92 Å². The van der Waals surface area contributed by atoms with Gasteiger partial charge in [0.15, 0.2) is 8.32 Å². The Morgan fingerprint density at radius 3 is 1.97 bits per heavy atom. The van der Waals surface area contributed by atoms with Crippen LogP contribution in [0.1, 0.15) is 47.8 Å². The molecule has 0 aromatic heterocycles. The number of hydrogen-bond acceptors (Lipinski definition) is 4. The molecule has 0 bridgehead atoms. The van der Waals surface area contributed by atoms with Crippen LogP contribution in [-0.2, 0) is 19.4 Å². The zero-order valence-electron chi connectivity index (χ0n) is 20.9. The van der Waals surface area contributed by atoms with Crippen molar-refractivity contribution in [3.05, 3.63) is 71.9 Å². The first-order valence-corrected chi connectivity index (χ1v) is 19.8. The van der Waals surface area contributed by atoms with Crippen LogP contribution >= 0.6 is 0 Å². The number of hydrogen-bond donors (Lipinski definition) is 0. The summed E-state index contributed by atoms with van der Waals surface area (Å²) in [5.74, 6) is 0.980. The molecule has 0 aliphatic rings. The van der Waals surface area contributed by atoms with E-state index in [4.69, 9.17) is 17.7 Å². The Labute approximate surface area is 227 Å². The Bertz CT molecular complexity index is 872. The normalized spacial score (nSPS) is 12.5. The number of para-hydroxylation sites is 1. The second-order valence-electron chi connectivity index (χ2n) is 9.31. The monoisotopic (exact) mass is 552 g/mol. The minimum absolute atomic E-state index is 0. The van der Waals surface area contributed by atoms with E-state index < -0.39 is 25.2 Å². The van der Waals surface area contributed by atoms with Crippen LogP contribution in [0.3, 0.4) is 0 Å². The van der Waals surface area contributed by atoms with Crippen LogP contribution in [-0.4, -0.2) is 44.6 Å². The van der Waals surface area contributed by atoms with E-state index >= 15 is 0 Å². The van der Waals surface area contributed by atoms with E-state index in [-0.39, 0.29) is 29.7 Å². The van der Waals surface area contributed by atoms with Gasteiger partial charge in [-0.25, -0.2) is 0 Å². The van der Waals surface area contributed by atoms with Crippen molar-refractivity contribution in [2.45, 2.75) is 82.7 Å². The van der Waals surface area contributed by atoms with Crippen molar-refractivity contribution in [1.29, 1.82) is 0 Å². The van der Waals surface area contributed by atoms with E-state index in [0.29, 0.717) is 19.4 Å². The fraction of sp³-hybridized carbons (Fsp3) is 0.517. The Morgan fingerprint density at radius 2 is 1.42 bits per heavy atom. The lowest BCUT2D eigenvalue weighted by atomic mass is 10.1. The summed E-state index contributed by atoms with van der Waals surface area (Å²) in [5, 5.41) is 1.24. The summed E-state index contributed by atoms with van der Waals surface area (Å²) in [6.45, 7) is 20.0. The molecular weight excluding hydrogens is 497 g/mol. The first-order valence-electron chi connectivity index (χ1n) is 11.4. The molecule has 2 aromatic rings.